The zero-order valence-corrected chi connectivity index (χ0v) is 24.4. The lowest BCUT2D eigenvalue weighted by Crippen LogP contribution is -2.30. The van der Waals surface area contributed by atoms with E-state index in [1.807, 2.05) is 48.5 Å². The number of phenolic OH excluding ortho intramolecular Hbond substituents is 1. The van der Waals surface area contributed by atoms with Gasteiger partial charge in [0.05, 0.1) is 8.95 Å². The van der Waals surface area contributed by atoms with Crippen LogP contribution in [0.2, 0.25) is 0 Å². The summed E-state index contributed by atoms with van der Waals surface area (Å²) in [5, 5.41) is 26.5. The van der Waals surface area contributed by atoms with Gasteiger partial charge < -0.3 is 14.7 Å². The quantitative estimate of drug-likeness (QED) is 0.245. The number of halogens is 2. The fourth-order valence-corrected chi connectivity index (χ4v) is 5.21. The van der Waals surface area contributed by atoms with E-state index in [2.05, 4.69) is 83.5 Å². The molecule has 0 saturated heterocycles. The largest absolute Gasteiger partial charge is 0.506 e. The van der Waals surface area contributed by atoms with Crippen LogP contribution in [0.15, 0.2) is 74.1 Å². The van der Waals surface area contributed by atoms with Crippen molar-refractivity contribution in [2.24, 2.45) is 0 Å². The minimum atomic E-state index is -1.66. The standard InChI is InChI=1S/C29H30Br2N2O3/c1-27(2,3)18-7-11-20(12-8-18)29(35,21-13-9-19(10-14-21)28(4,5)6)26-32-25(33-36-26)17-15-22(30)24(34)23(31)16-17/h7-16,34-35H,1-6H3. The van der Waals surface area contributed by atoms with Crippen LogP contribution in [0, 0.1) is 0 Å². The lowest BCUT2D eigenvalue weighted by molar-refractivity contribution is 0.0850. The maximum Gasteiger partial charge on any atom is 0.268 e. The maximum atomic E-state index is 12.3. The van der Waals surface area contributed by atoms with Crippen molar-refractivity contribution in [2.75, 3.05) is 0 Å². The Morgan fingerprint density at radius 3 is 1.47 bits per heavy atom. The average molecular weight is 614 g/mol. The second-order valence-corrected chi connectivity index (χ2v) is 12.8. The van der Waals surface area contributed by atoms with Gasteiger partial charge in [-0.3, -0.25) is 0 Å². The van der Waals surface area contributed by atoms with E-state index < -0.39 is 5.60 Å². The molecular weight excluding hydrogens is 584 g/mol. The first kappa shape index (κ1) is 26.6. The van der Waals surface area contributed by atoms with E-state index in [9.17, 15) is 10.2 Å². The Morgan fingerprint density at radius 1 is 0.694 bits per heavy atom. The van der Waals surface area contributed by atoms with Crippen LogP contribution < -0.4 is 0 Å². The lowest BCUT2D eigenvalue weighted by atomic mass is 9.80. The number of benzene rings is 3. The summed E-state index contributed by atoms with van der Waals surface area (Å²) in [5.74, 6) is 0.434. The van der Waals surface area contributed by atoms with Gasteiger partial charge in [0.15, 0.2) is 5.60 Å². The predicted molar refractivity (Wildman–Crippen MR) is 149 cm³/mol. The lowest BCUT2D eigenvalue weighted by Gasteiger charge is -2.28. The number of phenols is 1. The summed E-state index contributed by atoms with van der Waals surface area (Å²) >= 11 is 6.69. The van der Waals surface area contributed by atoms with Gasteiger partial charge >= 0.3 is 0 Å². The van der Waals surface area contributed by atoms with Crippen molar-refractivity contribution in [1.29, 1.82) is 0 Å². The van der Waals surface area contributed by atoms with Crippen LogP contribution in [0.1, 0.15) is 69.7 Å². The van der Waals surface area contributed by atoms with E-state index in [0.717, 1.165) is 11.1 Å². The molecule has 1 heterocycles. The Kier molecular flexibility index (Phi) is 6.97. The fraction of sp³-hybridized carbons (Fsp3) is 0.310. The fourth-order valence-electron chi connectivity index (χ4n) is 4.02. The summed E-state index contributed by atoms with van der Waals surface area (Å²) in [6, 6.07) is 19.1. The summed E-state index contributed by atoms with van der Waals surface area (Å²) in [6.07, 6.45) is 0. The van der Waals surface area contributed by atoms with Crippen molar-refractivity contribution >= 4 is 31.9 Å². The number of hydrogen-bond donors (Lipinski definition) is 2. The van der Waals surface area contributed by atoms with E-state index in [4.69, 9.17) is 4.52 Å². The van der Waals surface area contributed by atoms with Crippen LogP contribution >= 0.6 is 31.9 Å². The van der Waals surface area contributed by atoms with Crippen LogP contribution in [-0.4, -0.2) is 20.4 Å². The minimum Gasteiger partial charge on any atom is -0.506 e. The molecule has 0 spiro atoms. The molecule has 0 saturated carbocycles. The van der Waals surface area contributed by atoms with Crippen LogP contribution in [0.5, 0.6) is 5.75 Å². The third-order valence-corrected chi connectivity index (χ3v) is 7.56. The first-order valence-electron chi connectivity index (χ1n) is 11.7. The molecule has 5 nitrogen and oxygen atoms in total. The zero-order chi connectivity index (χ0) is 26.5. The van der Waals surface area contributed by atoms with Gasteiger partial charge in [0, 0.05) is 5.56 Å². The van der Waals surface area contributed by atoms with Crippen molar-refractivity contribution in [2.45, 2.75) is 58.0 Å². The maximum absolute atomic E-state index is 12.3. The topological polar surface area (TPSA) is 79.4 Å². The molecule has 4 aromatic rings. The molecular formula is C29H30Br2N2O3. The summed E-state index contributed by atoms with van der Waals surface area (Å²) in [5.41, 5.74) is 2.47. The van der Waals surface area contributed by atoms with Gasteiger partial charge in [-0.1, -0.05) is 95.2 Å². The molecule has 3 aromatic carbocycles. The van der Waals surface area contributed by atoms with E-state index in [-0.39, 0.29) is 22.5 Å². The summed E-state index contributed by atoms with van der Waals surface area (Å²) in [4.78, 5) is 4.61. The third kappa shape index (κ3) is 5.01. The second kappa shape index (κ2) is 9.43. The van der Waals surface area contributed by atoms with Crippen molar-refractivity contribution < 1.29 is 14.7 Å². The molecule has 4 rings (SSSR count). The van der Waals surface area contributed by atoms with Gasteiger partial charge in [-0.25, -0.2) is 0 Å². The molecule has 0 radical (unpaired) electrons. The van der Waals surface area contributed by atoms with Crippen LogP contribution in [0.3, 0.4) is 0 Å². The second-order valence-electron chi connectivity index (χ2n) is 11.1. The Hall–Kier alpha value is -2.48. The monoisotopic (exact) mass is 612 g/mol. The highest BCUT2D eigenvalue weighted by molar-refractivity contribution is 9.11. The molecule has 1 aromatic heterocycles. The number of aromatic hydroxyl groups is 1. The molecule has 0 unspecified atom stereocenters. The van der Waals surface area contributed by atoms with Crippen LogP contribution in [0.4, 0.5) is 0 Å². The number of aliphatic hydroxyl groups is 1. The van der Waals surface area contributed by atoms with Crippen molar-refractivity contribution in [3.63, 3.8) is 0 Å². The third-order valence-electron chi connectivity index (χ3n) is 6.35. The molecule has 0 aliphatic rings. The van der Waals surface area contributed by atoms with E-state index in [0.29, 0.717) is 31.5 Å². The van der Waals surface area contributed by atoms with Crippen LogP contribution in [0.25, 0.3) is 11.4 Å². The van der Waals surface area contributed by atoms with Crippen molar-refractivity contribution in [3.8, 4) is 17.1 Å². The zero-order valence-electron chi connectivity index (χ0n) is 21.2. The number of hydrogen-bond acceptors (Lipinski definition) is 5. The molecule has 7 heteroatoms. The van der Waals surface area contributed by atoms with Gasteiger partial charge in [0.2, 0.25) is 5.82 Å². The summed E-state index contributed by atoms with van der Waals surface area (Å²) < 4.78 is 6.67. The van der Waals surface area contributed by atoms with Gasteiger partial charge in [0.25, 0.3) is 5.89 Å². The molecule has 0 atom stereocenters. The molecule has 36 heavy (non-hydrogen) atoms. The molecule has 2 N–H and O–H groups in total. The Labute approximate surface area is 228 Å². The first-order chi connectivity index (χ1) is 16.7. The van der Waals surface area contributed by atoms with Gasteiger partial charge in [-0.2, -0.15) is 4.98 Å². The highest BCUT2D eigenvalue weighted by Crippen LogP contribution is 2.40. The average Bonchev–Trinajstić information content (AvgIpc) is 3.32. The molecule has 188 valence electrons. The molecule has 0 aliphatic heterocycles. The molecule has 0 amide bonds. The van der Waals surface area contributed by atoms with E-state index >= 15 is 0 Å². The van der Waals surface area contributed by atoms with E-state index in [1.165, 1.54) is 0 Å². The van der Waals surface area contributed by atoms with Crippen molar-refractivity contribution in [1.82, 2.24) is 10.1 Å². The van der Waals surface area contributed by atoms with E-state index in [1.54, 1.807) is 12.1 Å². The van der Waals surface area contributed by atoms with Gasteiger partial charge in [-0.15, -0.1) is 0 Å². The normalized spacial score (nSPS) is 12.7. The Morgan fingerprint density at radius 2 is 1.08 bits per heavy atom. The SMILES string of the molecule is CC(C)(C)c1ccc(C(O)(c2ccc(C(C)(C)C)cc2)c2nc(-c3cc(Br)c(O)c(Br)c3)no2)cc1. The van der Waals surface area contributed by atoms with Crippen LogP contribution in [-0.2, 0) is 16.4 Å². The molecule has 0 fully saturated rings. The smallest absolute Gasteiger partial charge is 0.268 e. The highest BCUT2D eigenvalue weighted by Gasteiger charge is 2.40. The van der Waals surface area contributed by atoms with Gasteiger partial charge in [-0.05, 0) is 77.1 Å². The summed E-state index contributed by atoms with van der Waals surface area (Å²) in [6.45, 7) is 12.9. The van der Waals surface area contributed by atoms with Gasteiger partial charge in [0.1, 0.15) is 5.75 Å². The van der Waals surface area contributed by atoms with Crippen molar-refractivity contribution in [3.05, 3.63) is 97.8 Å². The molecule has 0 bridgehead atoms. The predicted octanol–water partition coefficient (Wildman–Crippen LogP) is 7.85. The summed E-state index contributed by atoms with van der Waals surface area (Å²) in [7, 11) is 0. The number of aromatic nitrogens is 2. The number of nitrogens with zero attached hydrogens (tertiary/aromatic N) is 2. The minimum absolute atomic E-state index is 0.0255. The Bertz CT molecular complexity index is 1300. The molecule has 0 aliphatic carbocycles. The highest BCUT2D eigenvalue weighted by atomic mass is 79.9. The number of rotatable bonds is 4. The first-order valence-corrected chi connectivity index (χ1v) is 13.3. The Balaban J connectivity index is 1.86.